The predicted octanol–water partition coefficient (Wildman–Crippen LogP) is 18.7. The van der Waals surface area contributed by atoms with Crippen LogP contribution in [0.2, 0.25) is 0 Å². The van der Waals surface area contributed by atoms with Crippen LogP contribution in [0.3, 0.4) is 0 Å². The zero-order valence-corrected chi connectivity index (χ0v) is 38.7. The third-order valence-corrected chi connectivity index (χ3v) is 15.5. The summed E-state index contributed by atoms with van der Waals surface area (Å²) in [6.07, 6.45) is 0. The van der Waals surface area contributed by atoms with E-state index in [4.69, 9.17) is 4.42 Å². The number of hydrogen-bond acceptors (Lipinski definition) is 2. The van der Waals surface area contributed by atoms with Gasteiger partial charge in [-0.2, -0.15) is 0 Å². The minimum atomic E-state index is -0.451. The van der Waals surface area contributed by atoms with Crippen LogP contribution in [0.5, 0.6) is 0 Å². The van der Waals surface area contributed by atoms with E-state index in [0.717, 1.165) is 61.3 Å². The van der Waals surface area contributed by atoms with Crippen LogP contribution in [0.1, 0.15) is 22.3 Å². The van der Waals surface area contributed by atoms with Crippen molar-refractivity contribution in [2.45, 2.75) is 5.41 Å². The second kappa shape index (κ2) is 15.4. The molecule has 0 radical (unpaired) electrons. The minimum absolute atomic E-state index is 0.451. The molecule has 2 aliphatic carbocycles. The molecule has 0 saturated heterocycles. The largest absolute Gasteiger partial charge is 0.455 e. The summed E-state index contributed by atoms with van der Waals surface area (Å²) < 4.78 is 6.58. The van der Waals surface area contributed by atoms with Gasteiger partial charge in [-0.1, -0.05) is 212 Å². The molecule has 1 aromatic heterocycles. The highest BCUT2D eigenvalue weighted by molar-refractivity contribution is 6.11. The fourth-order valence-corrected chi connectivity index (χ4v) is 12.4. The lowest BCUT2D eigenvalue weighted by Crippen LogP contribution is -2.26. The van der Waals surface area contributed by atoms with E-state index in [2.05, 4.69) is 266 Å². The summed E-state index contributed by atoms with van der Waals surface area (Å²) in [5.74, 6) is 0. The zero-order valence-electron chi connectivity index (χ0n) is 38.7. The predicted molar refractivity (Wildman–Crippen MR) is 296 cm³/mol. The number of furan rings is 1. The maximum absolute atomic E-state index is 6.58. The van der Waals surface area contributed by atoms with Crippen LogP contribution in [0.4, 0.5) is 17.1 Å². The Morgan fingerprint density at radius 1 is 0.296 bits per heavy atom. The van der Waals surface area contributed by atoms with Crippen molar-refractivity contribution in [1.82, 2.24) is 0 Å². The molecule has 0 bridgehead atoms. The Morgan fingerprint density at radius 2 is 0.817 bits per heavy atom. The molecule has 330 valence electrons. The molecule has 0 aliphatic heterocycles. The number of fused-ring (bicyclic) bond motifs is 16. The maximum Gasteiger partial charge on any atom is 0.143 e. The second-order valence-electron chi connectivity index (χ2n) is 19.1. The molecule has 2 heteroatoms. The lowest BCUT2D eigenvalue weighted by molar-refractivity contribution is 0.670. The van der Waals surface area contributed by atoms with Gasteiger partial charge < -0.3 is 9.32 Å². The highest BCUT2D eigenvalue weighted by Gasteiger charge is 2.52. The van der Waals surface area contributed by atoms with Gasteiger partial charge in [0, 0.05) is 33.3 Å². The van der Waals surface area contributed by atoms with Crippen molar-refractivity contribution >= 4 is 60.5 Å². The normalized spacial score (nSPS) is 12.9. The fourth-order valence-electron chi connectivity index (χ4n) is 12.4. The minimum Gasteiger partial charge on any atom is -0.455 e. The summed E-state index contributed by atoms with van der Waals surface area (Å²) >= 11 is 0. The Kier molecular flexibility index (Phi) is 8.61. The SMILES string of the molecule is c1ccc(-c2cccc3c2oc2ccc(-c4ccc(N(c5ccc(-c6ccc7c(ccc8ccccc87)c6)cc5)c5cccc6c5-c5ccccc5C65c6ccccc6-c6ccccc65)cc4)cc23)cc1. The van der Waals surface area contributed by atoms with Crippen LogP contribution in [0, 0.1) is 0 Å². The van der Waals surface area contributed by atoms with Crippen molar-refractivity contribution in [2.75, 3.05) is 4.90 Å². The molecule has 0 N–H and O–H groups in total. The van der Waals surface area contributed by atoms with Gasteiger partial charge in [-0.15, -0.1) is 0 Å². The standard InChI is InChI=1S/C69H43NO/c1-2-14-46(15-3-1)55-21-12-22-58-60-43-49(35-41-66(60)71-68(55)58)45-32-38-52(39-33-45)70(51-36-30-44(31-37-51)48-34-40-54-50(42-48)29-28-47-16-4-5-17-53(47)54)65-27-13-26-64-67(65)59-20-8-11-25-63(59)69(64)61-23-9-6-18-56(61)57-19-7-10-24-62(57)69/h1-43H. The molecule has 1 heterocycles. The van der Waals surface area contributed by atoms with Crippen LogP contribution in [-0.4, -0.2) is 0 Å². The van der Waals surface area contributed by atoms with Crippen molar-refractivity contribution < 1.29 is 4.42 Å². The topological polar surface area (TPSA) is 16.4 Å². The Hall–Kier alpha value is -9.24. The monoisotopic (exact) mass is 901 g/mol. The molecule has 0 amide bonds. The molecule has 15 rings (SSSR count). The van der Waals surface area contributed by atoms with Gasteiger partial charge in [-0.05, 0) is 137 Å². The number of hydrogen-bond donors (Lipinski definition) is 0. The molecule has 0 unspecified atom stereocenters. The molecule has 0 atom stereocenters. The molecule has 0 saturated carbocycles. The van der Waals surface area contributed by atoms with Crippen LogP contribution in [0.25, 0.3) is 99.1 Å². The van der Waals surface area contributed by atoms with Gasteiger partial charge >= 0.3 is 0 Å². The number of para-hydroxylation sites is 1. The highest BCUT2D eigenvalue weighted by Crippen LogP contribution is 2.64. The van der Waals surface area contributed by atoms with Gasteiger partial charge in [0.05, 0.1) is 11.1 Å². The van der Waals surface area contributed by atoms with Gasteiger partial charge in [0.25, 0.3) is 0 Å². The molecule has 2 nitrogen and oxygen atoms in total. The van der Waals surface area contributed by atoms with Crippen LogP contribution in [-0.2, 0) is 5.41 Å². The van der Waals surface area contributed by atoms with E-state index in [1.54, 1.807) is 0 Å². The number of rotatable bonds is 6. The summed E-state index contributed by atoms with van der Waals surface area (Å²) in [7, 11) is 0. The molecule has 2 aliphatic rings. The number of nitrogens with zero attached hydrogens (tertiary/aromatic N) is 1. The molecular formula is C69H43NO. The van der Waals surface area contributed by atoms with E-state index in [-0.39, 0.29) is 0 Å². The van der Waals surface area contributed by atoms with Gasteiger partial charge in [0.15, 0.2) is 0 Å². The van der Waals surface area contributed by atoms with Crippen LogP contribution < -0.4 is 4.90 Å². The zero-order chi connectivity index (χ0) is 46.6. The average molecular weight is 902 g/mol. The van der Waals surface area contributed by atoms with Crippen molar-refractivity contribution in [2.24, 2.45) is 0 Å². The smallest absolute Gasteiger partial charge is 0.143 e. The van der Waals surface area contributed by atoms with E-state index in [9.17, 15) is 0 Å². The lowest BCUT2D eigenvalue weighted by atomic mass is 9.70. The number of anilines is 3. The molecule has 1 spiro atoms. The first-order chi connectivity index (χ1) is 35.2. The van der Waals surface area contributed by atoms with Crippen molar-refractivity contribution in [1.29, 1.82) is 0 Å². The molecule has 12 aromatic carbocycles. The highest BCUT2D eigenvalue weighted by atomic mass is 16.3. The van der Waals surface area contributed by atoms with Crippen LogP contribution >= 0.6 is 0 Å². The Labute approximate surface area is 412 Å². The molecule has 71 heavy (non-hydrogen) atoms. The van der Waals surface area contributed by atoms with E-state index in [0.29, 0.717) is 0 Å². The van der Waals surface area contributed by atoms with Crippen LogP contribution in [0.15, 0.2) is 265 Å². The Bertz CT molecular complexity index is 4230. The van der Waals surface area contributed by atoms with Gasteiger partial charge in [-0.25, -0.2) is 0 Å². The van der Waals surface area contributed by atoms with Crippen molar-refractivity contribution in [3.63, 3.8) is 0 Å². The first-order valence-electron chi connectivity index (χ1n) is 24.6. The first kappa shape index (κ1) is 39.7. The van der Waals surface area contributed by atoms with E-state index in [1.807, 2.05) is 0 Å². The Morgan fingerprint density at radius 3 is 1.55 bits per heavy atom. The van der Waals surface area contributed by atoms with E-state index in [1.165, 1.54) is 77.2 Å². The van der Waals surface area contributed by atoms with Gasteiger partial charge in [-0.3, -0.25) is 0 Å². The third-order valence-electron chi connectivity index (χ3n) is 15.5. The fraction of sp³-hybridized carbons (Fsp3) is 0.0145. The third kappa shape index (κ3) is 5.83. The maximum atomic E-state index is 6.58. The summed E-state index contributed by atoms with van der Waals surface area (Å²) in [6.45, 7) is 0. The lowest BCUT2D eigenvalue weighted by Gasteiger charge is -2.32. The van der Waals surface area contributed by atoms with E-state index < -0.39 is 5.41 Å². The van der Waals surface area contributed by atoms with Gasteiger partial charge in [0.1, 0.15) is 11.2 Å². The summed E-state index contributed by atoms with van der Waals surface area (Å²) in [5, 5.41) is 7.30. The molecule has 13 aromatic rings. The van der Waals surface area contributed by atoms with Crippen molar-refractivity contribution in [3.05, 3.63) is 283 Å². The summed E-state index contributed by atoms with van der Waals surface area (Å²) in [4.78, 5) is 2.47. The second-order valence-corrected chi connectivity index (χ2v) is 19.1. The first-order valence-corrected chi connectivity index (χ1v) is 24.6. The summed E-state index contributed by atoms with van der Waals surface area (Å²) in [6, 6.07) is 96.0. The average Bonchev–Trinajstić information content (AvgIpc) is 4.08. The van der Waals surface area contributed by atoms with Crippen molar-refractivity contribution in [3.8, 4) is 55.6 Å². The molecular weight excluding hydrogens is 859 g/mol. The van der Waals surface area contributed by atoms with Gasteiger partial charge in [0.2, 0.25) is 0 Å². The quantitative estimate of drug-likeness (QED) is 0.155. The number of benzene rings is 12. The molecule has 0 fully saturated rings. The van der Waals surface area contributed by atoms with E-state index >= 15 is 0 Å². The Balaban J connectivity index is 0.887. The summed E-state index contributed by atoms with van der Waals surface area (Å²) in [5.41, 5.74) is 22.0.